The van der Waals surface area contributed by atoms with Crippen LogP contribution in [-0.2, 0) is 36.4 Å². The summed E-state index contributed by atoms with van der Waals surface area (Å²) in [6.07, 6.45) is 6.94. The zero-order valence-corrected chi connectivity index (χ0v) is 31.7. The van der Waals surface area contributed by atoms with E-state index in [0.717, 1.165) is 16.3 Å². The molecular formula is C35H47N5O7S3. The summed E-state index contributed by atoms with van der Waals surface area (Å²) in [5.41, 5.74) is 0.303. The van der Waals surface area contributed by atoms with E-state index < -0.39 is 58.3 Å². The fourth-order valence-electron chi connectivity index (χ4n) is 5.01. The molecule has 15 heteroatoms. The standard InChI is InChI=1S/C33H41N5O6S2.C2H6OS/c1-33(2,3)37-31(42)26-19-46-20-38(26)32(43)29(40)24(15-21-9-6-5-7-10-21)36-30(41)25(18-45-4)35-28(39)17-44-27-12-8-11-22-16-34-14-13-23(22)27;1-4(2)3/h5-14,16,24-26,29,40H,15,17-20H2,1-4H3,(H,35,39)(H,36,41)(H,37,42);1-2H3/t24-,25-,26-,29-;/m0./s1. The number of fused-ring (bicyclic) bond motifs is 1. The average molecular weight is 746 g/mol. The molecule has 0 radical (unpaired) electrons. The molecule has 1 saturated heterocycles. The number of hydrogen-bond donors (Lipinski definition) is 4. The maximum Gasteiger partial charge on any atom is 0.258 e. The van der Waals surface area contributed by atoms with Gasteiger partial charge in [0, 0.05) is 63.5 Å². The molecule has 1 aromatic heterocycles. The number of hydrogen-bond acceptors (Lipinski definition) is 10. The Morgan fingerprint density at radius 1 is 1.08 bits per heavy atom. The molecule has 4 atom stereocenters. The first kappa shape index (κ1) is 40.8. The third-order valence-electron chi connectivity index (χ3n) is 7.21. The van der Waals surface area contributed by atoms with Crippen molar-refractivity contribution in [2.45, 2.75) is 57.0 Å². The molecule has 0 unspecified atom stereocenters. The van der Waals surface area contributed by atoms with Crippen molar-refractivity contribution in [1.82, 2.24) is 25.8 Å². The van der Waals surface area contributed by atoms with Gasteiger partial charge in [-0.3, -0.25) is 28.4 Å². The molecule has 4 rings (SSSR count). The van der Waals surface area contributed by atoms with Crippen LogP contribution in [0.25, 0.3) is 10.8 Å². The van der Waals surface area contributed by atoms with Crippen LogP contribution < -0.4 is 20.7 Å². The van der Waals surface area contributed by atoms with E-state index in [4.69, 9.17) is 4.74 Å². The van der Waals surface area contributed by atoms with Gasteiger partial charge in [0.05, 0.1) is 11.9 Å². The van der Waals surface area contributed by atoms with Crippen LogP contribution in [0.3, 0.4) is 0 Å². The van der Waals surface area contributed by atoms with E-state index in [9.17, 15) is 28.5 Å². The smallest absolute Gasteiger partial charge is 0.258 e. The lowest BCUT2D eigenvalue weighted by Gasteiger charge is -2.32. The summed E-state index contributed by atoms with van der Waals surface area (Å²) >= 11 is 2.78. The molecule has 0 saturated carbocycles. The summed E-state index contributed by atoms with van der Waals surface area (Å²) < 4.78 is 15.3. The summed E-state index contributed by atoms with van der Waals surface area (Å²) in [6, 6.07) is 13.7. The Hall–Kier alpha value is -3.66. The van der Waals surface area contributed by atoms with Crippen LogP contribution in [-0.4, -0.2) is 115 Å². The summed E-state index contributed by atoms with van der Waals surface area (Å²) in [6.45, 7) is 5.25. The predicted octanol–water partition coefficient (Wildman–Crippen LogP) is 2.36. The molecule has 2 heterocycles. The van der Waals surface area contributed by atoms with E-state index in [2.05, 4.69) is 20.9 Å². The first-order valence-corrected chi connectivity index (χ1v) is 20.4. The summed E-state index contributed by atoms with van der Waals surface area (Å²) in [5.74, 6) is -0.602. The van der Waals surface area contributed by atoms with Gasteiger partial charge in [-0.15, -0.1) is 11.8 Å². The van der Waals surface area contributed by atoms with Crippen LogP contribution in [0, 0.1) is 0 Å². The molecule has 272 valence electrons. The summed E-state index contributed by atoms with van der Waals surface area (Å²) in [7, 11) is -0.611. The van der Waals surface area contributed by atoms with Crippen LogP contribution >= 0.6 is 23.5 Å². The van der Waals surface area contributed by atoms with Gasteiger partial charge in [0.1, 0.15) is 17.8 Å². The molecule has 0 bridgehead atoms. The van der Waals surface area contributed by atoms with Gasteiger partial charge in [-0.2, -0.15) is 11.8 Å². The van der Waals surface area contributed by atoms with Crippen molar-refractivity contribution in [2.75, 3.05) is 42.8 Å². The normalized spacial score (nSPS) is 16.1. The molecule has 2 aromatic carbocycles. The highest BCUT2D eigenvalue weighted by atomic mass is 32.2. The topological polar surface area (TPSA) is 167 Å². The van der Waals surface area contributed by atoms with Crippen molar-refractivity contribution in [3.05, 3.63) is 72.6 Å². The van der Waals surface area contributed by atoms with Gasteiger partial charge in [-0.1, -0.05) is 42.5 Å². The van der Waals surface area contributed by atoms with Crippen molar-refractivity contribution >= 4 is 68.7 Å². The van der Waals surface area contributed by atoms with Crippen LogP contribution in [0.15, 0.2) is 67.0 Å². The van der Waals surface area contributed by atoms with E-state index in [0.29, 0.717) is 11.5 Å². The highest BCUT2D eigenvalue weighted by Gasteiger charge is 2.41. The molecule has 4 N–H and O–H groups in total. The minimum Gasteiger partial charge on any atom is -0.483 e. The fraction of sp³-hybridized carbons (Fsp3) is 0.457. The zero-order chi connectivity index (χ0) is 36.8. The molecule has 1 fully saturated rings. The zero-order valence-electron chi connectivity index (χ0n) is 29.2. The predicted molar refractivity (Wildman–Crippen MR) is 201 cm³/mol. The lowest BCUT2D eigenvalue weighted by molar-refractivity contribution is -0.147. The Balaban J connectivity index is 0.00000160. The number of carbonyl (C=O) groups is 4. The molecule has 4 amide bonds. The SMILES string of the molecule is CS(C)=O.CSC[C@H](NC(=O)COc1cccc2cnccc12)C(=O)N[C@@H](Cc1ccccc1)[C@H](O)C(=O)N1CSC[C@H]1C(=O)NC(C)(C)C. The maximum absolute atomic E-state index is 13.7. The maximum atomic E-state index is 13.7. The lowest BCUT2D eigenvalue weighted by Crippen LogP contribution is -2.59. The van der Waals surface area contributed by atoms with E-state index >= 15 is 0 Å². The van der Waals surface area contributed by atoms with Crippen molar-refractivity contribution in [3.8, 4) is 5.75 Å². The van der Waals surface area contributed by atoms with E-state index in [1.165, 1.54) is 28.4 Å². The summed E-state index contributed by atoms with van der Waals surface area (Å²) in [4.78, 5) is 58.7. The number of thioether (sulfide) groups is 2. The molecule has 50 heavy (non-hydrogen) atoms. The van der Waals surface area contributed by atoms with E-state index in [-0.39, 0.29) is 30.6 Å². The van der Waals surface area contributed by atoms with Gasteiger partial charge >= 0.3 is 0 Å². The molecular weight excluding hydrogens is 699 g/mol. The first-order chi connectivity index (χ1) is 23.7. The Morgan fingerprint density at radius 3 is 2.44 bits per heavy atom. The number of carbonyl (C=O) groups excluding carboxylic acids is 4. The number of ether oxygens (including phenoxy) is 1. The number of benzene rings is 2. The Bertz CT molecular complexity index is 1610. The number of amides is 4. The van der Waals surface area contributed by atoms with Gasteiger partial charge in [-0.05, 0) is 51.1 Å². The summed E-state index contributed by atoms with van der Waals surface area (Å²) in [5, 5.41) is 21.5. The molecule has 0 spiro atoms. The number of rotatable bonds is 13. The van der Waals surface area contributed by atoms with E-state index in [1.807, 2.05) is 57.2 Å². The van der Waals surface area contributed by atoms with Crippen molar-refractivity contribution in [3.63, 3.8) is 0 Å². The van der Waals surface area contributed by atoms with Crippen LogP contribution in [0.5, 0.6) is 5.75 Å². The second-order valence-corrected chi connectivity index (χ2v) is 16.2. The minimum atomic E-state index is -1.64. The third kappa shape index (κ3) is 12.9. The Morgan fingerprint density at radius 2 is 1.78 bits per heavy atom. The second kappa shape index (κ2) is 19.7. The molecule has 1 aliphatic heterocycles. The largest absolute Gasteiger partial charge is 0.483 e. The number of aliphatic hydroxyl groups is 1. The number of nitrogens with one attached hydrogen (secondary N) is 3. The number of pyridine rings is 1. The Kier molecular flexibility index (Phi) is 16.0. The third-order valence-corrected chi connectivity index (χ3v) is 8.89. The number of aromatic nitrogens is 1. The van der Waals surface area contributed by atoms with Gasteiger partial charge in [0.2, 0.25) is 11.8 Å². The van der Waals surface area contributed by atoms with Crippen LogP contribution in [0.2, 0.25) is 0 Å². The molecule has 1 aliphatic rings. The van der Waals surface area contributed by atoms with Gasteiger partial charge in [0.15, 0.2) is 12.7 Å². The highest BCUT2D eigenvalue weighted by Crippen LogP contribution is 2.25. The van der Waals surface area contributed by atoms with Crippen molar-refractivity contribution < 1.29 is 33.2 Å². The molecule has 0 aliphatic carbocycles. The quantitative estimate of drug-likeness (QED) is 0.204. The minimum absolute atomic E-state index is 0.151. The first-order valence-electron chi connectivity index (χ1n) is 15.9. The van der Waals surface area contributed by atoms with Crippen LogP contribution in [0.1, 0.15) is 26.3 Å². The van der Waals surface area contributed by atoms with Crippen molar-refractivity contribution in [2.24, 2.45) is 0 Å². The average Bonchev–Trinajstić information content (AvgIpc) is 3.56. The van der Waals surface area contributed by atoms with Gasteiger partial charge < -0.3 is 30.7 Å². The second-order valence-electron chi connectivity index (χ2n) is 12.8. The van der Waals surface area contributed by atoms with Gasteiger partial charge in [0.25, 0.3) is 11.8 Å². The van der Waals surface area contributed by atoms with E-state index in [1.54, 1.807) is 49.4 Å². The Labute approximate surface area is 304 Å². The highest BCUT2D eigenvalue weighted by molar-refractivity contribution is 7.99. The monoisotopic (exact) mass is 745 g/mol. The van der Waals surface area contributed by atoms with Gasteiger partial charge in [-0.25, -0.2) is 0 Å². The number of aliphatic hydroxyl groups excluding tert-OH is 1. The van der Waals surface area contributed by atoms with Crippen LogP contribution in [0.4, 0.5) is 0 Å². The lowest BCUT2D eigenvalue weighted by atomic mass is 9.99. The fourth-order valence-corrected chi connectivity index (χ4v) is 6.74. The van der Waals surface area contributed by atoms with Crippen molar-refractivity contribution in [1.29, 1.82) is 0 Å². The molecule has 12 nitrogen and oxygen atoms in total. The number of nitrogens with zero attached hydrogens (tertiary/aromatic N) is 2. The molecule has 3 aromatic rings.